The van der Waals surface area contributed by atoms with Crippen LogP contribution in [0.4, 0.5) is 4.39 Å². The van der Waals surface area contributed by atoms with Crippen molar-refractivity contribution in [3.63, 3.8) is 0 Å². The van der Waals surface area contributed by atoms with Gasteiger partial charge in [0.1, 0.15) is 5.82 Å². The quantitative estimate of drug-likeness (QED) is 0.798. The first-order valence-corrected chi connectivity index (χ1v) is 6.98. The van der Waals surface area contributed by atoms with E-state index in [1.807, 2.05) is 6.92 Å². The first-order valence-electron chi connectivity index (χ1n) is 6.98. The van der Waals surface area contributed by atoms with Crippen LogP contribution in [0.3, 0.4) is 0 Å². The van der Waals surface area contributed by atoms with Crippen LogP contribution in [-0.2, 0) is 6.42 Å². The zero-order valence-corrected chi connectivity index (χ0v) is 13.2. The molecule has 1 aromatic heterocycles. The number of benzene rings is 1. The Hall–Kier alpha value is -1.92. The van der Waals surface area contributed by atoms with E-state index in [1.54, 1.807) is 23.0 Å². The fourth-order valence-electron chi connectivity index (χ4n) is 2.11. The van der Waals surface area contributed by atoms with E-state index in [0.717, 1.165) is 17.8 Å². The summed E-state index contributed by atoms with van der Waals surface area (Å²) >= 11 is 0. The molecule has 5 nitrogen and oxygen atoms in total. The molecule has 0 atom stereocenters. The predicted molar refractivity (Wildman–Crippen MR) is 86.2 cm³/mol. The molecule has 0 fully saturated rings. The van der Waals surface area contributed by atoms with Gasteiger partial charge in [0.2, 0.25) is 0 Å². The number of nitrogens with one attached hydrogen (secondary N) is 1. The summed E-state index contributed by atoms with van der Waals surface area (Å²) in [7, 11) is 0. The van der Waals surface area contributed by atoms with Crippen molar-refractivity contribution in [3.8, 4) is 5.69 Å². The Morgan fingerprint density at radius 3 is 2.64 bits per heavy atom. The van der Waals surface area contributed by atoms with Gasteiger partial charge in [-0.25, -0.2) is 9.07 Å². The minimum absolute atomic E-state index is 0. The Labute approximate surface area is 135 Å². The molecule has 0 unspecified atom stereocenters. The SMILES string of the molecule is CCc1c(C(=O)NCCCN)cnn1-c1ccc(F)cc1.Cl. The molecule has 0 aliphatic heterocycles. The standard InChI is InChI=1S/C15H19FN4O.ClH/c1-2-14-13(15(21)18-9-3-8-17)10-19-20(14)12-6-4-11(16)5-7-12;/h4-7,10H,2-3,8-9,17H2,1H3,(H,18,21);1H. The number of carbonyl (C=O) groups is 1. The van der Waals surface area contributed by atoms with E-state index < -0.39 is 0 Å². The summed E-state index contributed by atoms with van der Waals surface area (Å²) in [5.41, 5.74) is 7.47. The summed E-state index contributed by atoms with van der Waals surface area (Å²) in [6.07, 6.45) is 2.93. The lowest BCUT2D eigenvalue weighted by Crippen LogP contribution is -2.26. The summed E-state index contributed by atoms with van der Waals surface area (Å²) in [4.78, 5) is 12.1. The normalized spacial score (nSPS) is 10.1. The minimum atomic E-state index is -0.302. The van der Waals surface area contributed by atoms with Gasteiger partial charge in [0, 0.05) is 6.54 Å². The van der Waals surface area contributed by atoms with E-state index in [9.17, 15) is 9.18 Å². The van der Waals surface area contributed by atoms with E-state index in [2.05, 4.69) is 10.4 Å². The maximum atomic E-state index is 13.0. The van der Waals surface area contributed by atoms with Gasteiger partial charge in [-0.1, -0.05) is 6.92 Å². The topological polar surface area (TPSA) is 72.9 Å². The van der Waals surface area contributed by atoms with Crippen molar-refractivity contribution in [2.75, 3.05) is 13.1 Å². The number of aromatic nitrogens is 2. The van der Waals surface area contributed by atoms with Gasteiger partial charge in [0.25, 0.3) is 5.91 Å². The molecule has 0 saturated heterocycles. The molecule has 1 aromatic carbocycles. The van der Waals surface area contributed by atoms with Crippen molar-refractivity contribution in [1.82, 2.24) is 15.1 Å². The molecule has 7 heteroatoms. The van der Waals surface area contributed by atoms with Crippen molar-refractivity contribution in [2.45, 2.75) is 19.8 Å². The van der Waals surface area contributed by atoms with Crippen LogP contribution in [0.5, 0.6) is 0 Å². The number of hydrogen-bond donors (Lipinski definition) is 2. The number of hydrogen-bond acceptors (Lipinski definition) is 3. The van der Waals surface area contributed by atoms with Gasteiger partial charge in [0.15, 0.2) is 0 Å². The van der Waals surface area contributed by atoms with Crippen molar-refractivity contribution in [2.24, 2.45) is 5.73 Å². The van der Waals surface area contributed by atoms with Crippen LogP contribution in [0.2, 0.25) is 0 Å². The fourth-order valence-corrected chi connectivity index (χ4v) is 2.11. The smallest absolute Gasteiger partial charge is 0.254 e. The van der Waals surface area contributed by atoms with Crippen LogP contribution in [0, 0.1) is 5.82 Å². The Balaban J connectivity index is 0.00000242. The largest absolute Gasteiger partial charge is 0.352 e. The molecule has 1 amide bonds. The second-order valence-electron chi connectivity index (χ2n) is 4.64. The van der Waals surface area contributed by atoms with Crippen LogP contribution in [0.15, 0.2) is 30.5 Å². The molecule has 0 saturated carbocycles. The molecule has 3 N–H and O–H groups in total. The highest BCUT2D eigenvalue weighted by molar-refractivity contribution is 5.95. The van der Waals surface area contributed by atoms with Gasteiger partial charge in [-0.05, 0) is 43.7 Å². The van der Waals surface area contributed by atoms with Crippen molar-refractivity contribution >= 4 is 18.3 Å². The summed E-state index contributed by atoms with van der Waals surface area (Å²) in [6.45, 7) is 3.03. The lowest BCUT2D eigenvalue weighted by atomic mass is 10.2. The van der Waals surface area contributed by atoms with E-state index in [4.69, 9.17) is 5.73 Å². The molecule has 120 valence electrons. The third kappa shape index (κ3) is 4.05. The third-order valence-electron chi connectivity index (χ3n) is 3.19. The monoisotopic (exact) mass is 326 g/mol. The average molecular weight is 327 g/mol. The maximum Gasteiger partial charge on any atom is 0.254 e. The van der Waals surface area contributed by atoms with Crippen LogP contribution in [-0.4, -0.2) is 28.8 Å². The number of nitrogens with zero attached hydrogens (tertiary/aromatic N) is 2. The molecule has 2 aromatic rings. The maximum absolute atomic E-state index is 13.0. The molecule has 22 heavy (non-hydrogen) atoms. The number of nitrogens with two attached hydrogens (primary N) is 1. The summed E-state index contributed by atoms with van der Waals surface area (Å²) in [6, 6.07) is 6.02. The molecular weight excluding hydrogens is 307 g/mol. The molecule has 0 bridgehead atoms. The first kappa shape index (κ1) is 18.1. The van der Waals surface area contributed by atoms with Gasteiger partial charge >= 0.3 is 0 Å². The molecule has 0 aliphatic carbocycles. The van der Waals surface area contributed by atoms with Crippen LogP contribution < -0.4 is 11.1 Å². The van der Waals surface area contributed by atoms with Gasteiger partial charge in [-0.2, -0.15) is 5.10 Å². The molecule has 0 spiro atoms. The number of rotatable bonds is 6. The zero-order chi connectivity index (χ0) is 15.2. The highest BCUT2D eigenvalue weighted by atomic mass is 35.5. The van der Waals surface area contributed by atoms with E-state index in [1.165, 1.54) is 12.1 Å². The highest BCUT2D eigenvalue weighted by Crippen LogP contribution is 2.16. The van der Waals surface area contributed by atoms with Crippen LogP contribution in [0.1, 0.15) is 29.4 Å². The zero-order valence-electron chi connectivity index (χ0n) is 12.4. The highest BCUT2D eigenvalue weighted by Gasteiger charge is 2.16. The van der Waals surface area contributed by atoms with Gasteiger partial charge in [-0.3, -0.25) is 4.79 Å². The predicted octanol–water partition coefficient (Wildman–Crippen LogP) is 2.07. The van der Waals surface area contributed by atoms with Crippen molar-refractivity contribution in [1.29, 1.82) is 0 Å². The molecule has 0 aliphatic rings. The van der Waals surface area contributed by atoms with Gasteiger partial charge in [0.05, 0.1) is 23.1 Å². The Morgan fingerprint density at radius 2 is 2.05 bits per heavy atom. The first-order chi connectivity index (χ1) is 10.2. The Kier molecular flexibility index (Phi) is 7.01. The molecule has 0 radical (unpaired) electrons. The summed E-state index contributed by atoms with van der Waals surface area (Å²) in [5.74, 6) is -0.461. The lowest BCUT2D eigenvalue weighted by Gasteiger charge is -2.08. The molecular formula is C15H20ClFN4O. The minimum Gasteiger partial charge on any atom is -0.352 e. The van der Waals surface area contributed by atoms with Crippen LogP contribution in [0.25, 0.3) is 5.69 Å². The Bertz CT molecular complexity index is 613. The second-order valence-corrected chi connectivity index (χ2v) is 4.64. The third-order valence-corrected chi connectivity index (χ3v) is 3.19. The number of halogens is 2. The van der Waals surface area contributed by atoms with Crippen molar-refractivity contribution in [3.05, 3.63) is 47.5 Å². The molecule has 1 heterocycles. The summed E-state index contributed by atoms with van der Waals surface area (Å²) in [5, 5.41) is 7.06. The molecule has 2 rings (SSSR count). The van der Waals surface area contributed by atoms with E-state index in [0.29, 0.717) is 25.1 Å². The second kappa shape index (κ2) is 8.51. The number of amides is 1. The van der Waals surface area contributed by atoms with Gasteiger partial charge < -0.3 is 11.1 Å². The van der Waals surface area contributed by atoms with Crippen LogP contribution >= 0.6 is 12.4 Å². The van der Waals surface area contributed by atoms with Gasteiger partial charge in [-0.15, -0.1) is 12.4 Å². The summed E-state index contributed by atoms with van der Waals surface area (Å²) < 4.78 is 14.7. The van der Waals surface area contributed by atoms with E-state index >= 15 is 0 Å². The van der Waals surface area contributed by atoms with Crippen molar-refractivity contribution < 1.29 is 9.18 Å². The fraction of sp³-hybridized carbons (Fsp3) is 0.333. The van der Waals surface area contributed by atoms with E-state index in [-0.39, 0.29) is 24.1 Å². The average Bonchev–Trinajstić information content (AvgIpc) is 2.92. The number of carbonyl (C=O) groups excluding carboxylic acids is 1. The Morgan fingerprint density at radius 1 is 1.36 bits per heavy atom. The lowest BCUT2D eigenvalue weighted by molar-refractivity contribution is 0.0952.